The second kappa shape index (κ2) is 8.19. The molecule has 1 aromatic heterocycles. The van der Waals surface area contributed by atoms with Gasteiger partial charge in [0.25, 0.3) is 5.91 Å². The van der Waals surface area contributed by atoms with Gasteiger partial charge in [0.15, 0.2) is 0 Å². The third-order valence-corrected chi connectivity index (χ3v) is 6.22. The van der Waals surface area contributed by atoms with Crippen LogP contribution in [0.15, 0.2) is 66.7 Å². The van der Waals surface area contributed by atoms with Gasteiger partial charge in [0.1, 0.15) is 17.5 Å². The molecule has 4 aromatic rings. The van der Waals surface area contributed by atoms with Crippen molar-refractivity contribution in [3.8, 4) is 11.4 Å². The molecule has 1 amide bonds. The lowest BCUT2D eigenvalue weighted by Gasteiger charge is -2.33. The number of imidazole rings is 1. The van der Waals surface area contributed by atoms with E-state index in [1.807, 2.05) is 30.3 Å². The Balaban J connectivity index is 1.44. The second-order valence-electron chi connectivity index (χ2n) is 8.29. The van der Waals surface area contributed by atoms with Gasteiger partial charge in [0.2, 0.25) is 0 Å². The molecule has 1 fully saturated rings. The molecule has 1 aliphatic rings. The third kappa shape index (κ3) is 3.66. The SMILES string of the molecule is Cc1ccc(C(=O)N2CCC(n3c(-c4ccccc4)nc4ccc(F)cc43)CC2)cc1F. The number of hydrogen-bond donors (Lipinski definition) is 0. The van der Waals surface area contributed by atoms with Crippen molar-refractivity contribution in [3.05, 3.63) is 89.5 Å². The minimum atomic E-state index is -0.370. The molecule has 2 heterocycles. The monoisotopic (exact) mass is 431 g/mol. The molecule has 6 heteroatoms. The molecule has 32 heavy (non-hydrogen) atoms. The van der Waals surface area contributed by atoms with E-state index in [0.717, 1.165) is 22.4 Å². The maximum absolute atomic E-state index is 14.1. The summed E-state index contributed by atoms with van der Waals surface area (Å²) in [5.74, 6) is -0.0267. The van der Waals surface area contributed by atoms with Crippen LogP contribution in [-0.2, 0) is 0 Å². The van der Waals surface area contributed by atoms with Crippen LogP contribution >= 0.6 is 0 Å². The molecule has 0 bridgehead atoms. The summed E-state index contributed by atoms with van der Waals surface area (Å²) < 4.78 is 30.1. The number of hydrogen-bond acceptors (Lipinski definition) is 2. The van der Waals surface area contributed by atoms with Crippen molar-refractivity contribution in [1.29, 1.82) is 0 Å². The van der Waals surface area contributed by atoms with Crippen LogP contribution in [-0.4, -0.2) is 33.4 Å². The van der Waals surface area contributed by atoms with Gasteiger partial charge in [-0.05, 0) is 55.7 Å². The first-order valence-electron chi connectivity index (χ1n) is 10.8. The molecular formula is C26H23F2N3O. The Morgan fingerprint density at radius 1 is 0.969 bits per heavy atom. The van der Waals surface area contributed by atoms with Crippen LogP contribution in [0.1, 0.15) is 34.8 Å². The lowest BCUT2D eigenvalue weighted by atomic mass is 10.0. The molecule has 0 spiro atoms. The molecule has 0 N–H and O–H groups in total. The number of carbonyl (C=O) groups is 1. The normalized spacial score (nSPS) is 14.8. The van der Waals surface area contributed by atoms with Gasteiger partial charge in [-0.25, -0.2) is 13.8 Å². The Hall–Kier alpha value is -3.54. The van der Waals surface area contributed by atoms with Gasteiger partial charge in [-0.3, -0.25) is 4.79 Å². The highest BCUT2D eigenvalue weighted by molar-refractivity contribution is 5.94. The van der Waals surface area contributed by atoms with Gasteiger partial charge in [0.05, 0.1) is 11.0 Å². The maximum Gasteiger partial charge on any atom is 0.253 e. The number of fused-ring (bicyclic) bond motifs is 1. The minimum absolute atomic E-state index is 0.0795. The van der Waals surface area contributed by atoms with E-state index in [2.05, 4.69) is 4.57 Å². The summed E-state index contributed by atoms with van der Waals surface area (Å²) in [6.45, 7) is 2.77. The van der Waals surface area contributed by atoms with Crippen LogP contribution in [0.25, 0.3) is 22.4 Å². The van der Waals surface area contributed by atoms with Crippen molar-refractivity contribution in [2.24, 2.45) is 0 Å². The van der Waals surface area contributed by atoms with Gasteiger partial charge in [-0.2, -0.15) is 0 Å². The van der Waals surface area contributed by atoms with E-state index >= 15 is 0 Å². The Labute approximate surface area is 185 Å². The molecule has 3 aromatic carbocycles. The lowest BCUT2D eigenvalue weighted by molar-refractivity contribution is 0.0696. The molecule has 0 atom stereocenters. The smallest absolute Gasteiger partial charge is 0.253 e. The van der Waals surface area contributed by atoms with E-state index in [9.17, 15) is 13.6 Å². The Bertz CT molecular complexity index is 1290. The molecule has 1 saturated heterocycles. The summed E-state index contributed by atoms with van der Waals surface area (Å²) in [7, 11) is 0. The topological polar surface area (TPSA) is 38.1 Å². The quantitative estimate of drug-likeness (QED) is 0.413. The number of likely N-dealkylation sites (tertiary alicyclic amines) is 1. The van der Waals surface area contributed by atoms with Crippen LogP contribution in [0.2, 0.25) is 0 Å². The van der Waals surface area contributed by atoms with Crippen LogP contribution in [0.3, 0.4) is 0 Å². The number of halogens is 2. The molecule has 5 rings (SSSR count). The number of rotatable bonds is 3. The number of nitrogens with zero attached hydrogens (tertiary/aromatic N) is 3. The summed E-state index contributed by atoms with van der Waals surface area (Å²) in [4.78, 5) is 19.5. The zero-order valence-corrected chi connectivity index (χ0v) is 17.8. The van der Waals surface area contributed by atoms with E-state index in [0.29, 0.717) is 37.1 Å². The van der Waals surface area contributed by atoms with E-state index in [1.165, 1.54) is 18.2 Å². The molecule has 4 nitrogen and oxygen atoms in total. The largest absolute Gasteiger partial charge is 0.338 e. The average molecular weight is 431 g/mol. The van der Waals surface area contributed by atoms with Crippen LogP contribution in [0.4, 0.5) is 8.78 Å². The van der Waals surface area contributed by atoms with Gasteiger partial charge in [-0.1, -0.05) is 36.4 Å². The fraction of sp³-hybridized carbons (Fsp3) is 0.231. The Kier molecular flexibility index (Phi) is 5.21. The third-order valence-electron chi connectivity index (χ3n) is 6.22. The van der Waals surface area contributed by atoms with Crippen molar-refractivity contribution in [3.63, 3.8) is 0 Å². The van der Waals surface area contributed by atoms with E-state index in [4.69, 9.17) is 4.98 Å². The first-order valence-corrected chi connectivity index (χ1v) is 10.8. The molecule has 0 aliphatic carbocycles. The molecule has 0 unspecified atom stereocenters. The van der Waals surface area contributed by atoms with E-state index in [-0.39, 0.29) is 23.6 Å². The van der Waals surface area contributed by atoms with Crippen LogP contribution < -0.4 is 0 Å². The molecule has 0 radical (unpaired) electrons. The summed E-state index contributed by atoms with van der Waals surface area (Å²) in [6.07, 6.45) is 1.42. The summed E-state index contributed by atoms with van der Waals surface area (Å²) in [6, 6.07) is 19.2. The fourth-order valence-electron chi connectivity index (χ4n) is 4.46. The molecule has 0 saturated carbocycles. The number of piperidine rings is 1. The van der Waals surface area contributed by atoms with Crippen LogP contribution in [0, 0.1) is 18.6 Å². The predicted octanol–water partition coefficient (Wildman–Crippen LogP) is 5.77. The molecule has 162 valence electrons. The highest BCUT2D eigenvalue weighted by atomic mass is 19.1. The van der Waals surface area contributed by atoms with E-state index in [1.54, 1.807) is 30.0 Å². The highest BCUT2D eigenvalue weighted by Crippen LogP contribution is 2.34. The van der Waals surface area contributed by atoms with Crippen molar-refractivity contribution >= 4 is 16.9 Å². The average Bonchev–Trinajstić information content (AvgIpc) is 3.19. The van der Waals surface area contributed by atoms with Crippen molar-refractivity contribution < 1.29 is 13.6 Å². The van der Waals surface area contributed by atoms with Crippen molar-refractivity contribution in [2.45, 2.75) is 25.8 Å². The highest BCUT2D eigenvalue weighted by Gasteiger charge is 2.28. The predicted molar refractivity (Wildman–Crippen MR) is 120 cm³/mol. The Morgan fingerprint density at radius 2 is 1.72 bits per heavy atom. The number of carbonyl (C=O) groups excluding carboxylic acids is 1. The summed E-state index contributed by atoms with van der Waals surface area (Å²) >= 11 is 0. The van der Waals surface area contributed by atoms with Crippen molar-refractivity contribution in [1.82, 2.24) is 14.5 Å². The fourth-order valence-corrected chi connectivity index (χ4v) is 4.46. The maximum atomic E-state index is 14.1. The summed E-state index contributed by atoms with van der Waals surface area (Å²) in [5.41, 5.74) is 3.37. The van der Waals surface area contributed by atoms with Gasteiger partial charge >= 0.3 is 0 Å². The van der Waals surface area contributed by atoms with E-state index < -0.39 is 0 Å². The Morgan fingerprint density at radius 3 is 2.44 bits per heavy atom. The zero-order chi connectivity index (χ0) is 22.2. The van der Waals surface area contributed by atoms with Gasteiger partial charge < -0.3 is 9.47 Å². The first kappa shape index (κ1) is 20.4. The molecule has 1 aliphatic heterocycles. The van der Waals surface area contributed by atoms with Gasteiger partial charge in [0, 0.05) is 30.3 Å². The number of amides is 1. The zero-order valence-electron chi connectivity index (χ0n) is 17.8. The molecular weight excluding hydrogens is 408 g/mol. The number of aromatic nitrogens is 2. The van der Waals surface area contributed by atoms with Crippen molar-refractivity contribution in [2.75, 3.05) is 13.1 Å². The minimum Gasteiger partial charge on any atom is -0.338 e. The van der Waals surface area contributed by atoms with Crippen LogP contribution in [0.5, 0.6) is 0 Å². The van der Waals surface area contributed by atoms with Gasteiger partial charge in [-0.15, -0.1) is 0 Å². The summed E-state index contributed by atoms with van der Waals surface area (Å²) in [5, 5.41) is 0. The standard InChI is InChI=1S/C26H23F2N3O/c1-17-7-8-19(15-22(17)28)26(32)30-13-11-21(12-14-30)31-24-16-20(27)9-10-23(24)29-25(31)18-5-3-2-4-6-18/h2-10,15-16,21H,11-14H2,1H3. The lowest BCUT2D eigenvalue weighted by Crippen LogP contribution is -2.39. The first-order chi connectivity index (χ1) is 15.5. The second-order valence-corrected chi connectivity index (χ2v) is 8.29. The number of benzene rings is 3. The number of aryl methyl sites for hydroxylation is 1.